The molecule has 108 valence electrons. The topological polar surface area (TPSA) is 34.4 Å². The largest absolute Gasteiger partial charge is 0.496 e. The third kappa shape index (κ3) is 3.23. The van der Waals surface area contributed by atoms with E-state index in [2.05, 4.69) is 32.2 Å². The van der Waals surface area contributed by atoms with Gasteiger partial charge in [0.15, 0.2) is 0 Å². The number of benzene rings is 1. The summed E-state index contributed by atoms with van der Waals surface area (Å²) in [6.45, 7) is 8.08. The zero-order chi connectivity index (χ0) is 14.5. The van der Waals surface area contributed by atoms with Gasteiger partial charge in [-0.05, 0) is 56.1 Å². The smallest absolute Gasteiger partial charge is 0.138 e. The van der Waals surface area contributed by atoms with Crippen molar-refractivity contribution in [1.82, 2.24) is 5.32 Å². The van der Waals surface area contributed by atoms with Gasteiger partial charge in [-0.1, -0.05) is 13.0 Å². The SMILES string of the molecule is CCCNCc1ccc(-c2c(C)cc(C)cc2OC)o1. The molecule has 3 heteroatoms. The van der Waals surface area contributed by atoms with E-state index < -0.39 is 0 Å². The highest BCUT2D eigenvalue weighted by Crippen LogP contribution is 2.35. The second-order valence-corrected chi connectivity index (χ2v) is 5.10. The van der Waals surface area contributed by atoms with Gasteiger partial charge in [-0.25, -0.2) is 0 Å². The van der Waals surface area contributed by atoms with Crippen LogP contribution in [0.3, 0.4) is 0 Å². The molecular formula is C17H23NO2. The number of rotatable bonds is 6. The van der Waals surface area contributed by atoms with Crippen molar-refractivity contribution in [2.45, 2.75) is 33.7 Å². The Morgan fingerprint density at radius 2 is 2.00 bits per heavy atom. The average Bonchev–Trinajstić information content (AvgIpc) is 2.86. The molecular weight excluding hydrogens is 250 g/mol. The van der Waals surface area contributed by atoms with Gasteiger partial charge >= 0.3 is 0 Å². The monoisotopic (exact) mass is 273 g/mol. The zero-order valence-corrected chi connectivity index (χ0v) is 12.7. The Kier molecular flexibility index (Phi) is 4.85. The molecule has 0 atom stereocenters. The molecule has 0 bridgehead atoms. The molecule has 2 aromatic rings. The molecule has 1 heterocycles. The number of nitrogens with one attached hydrogen (secondary N) is 1. The average molecular weight is 273 g/mol. The van der Waals surface area contributed by atoms with Crippen molar-refractivity contribution >= 4 is 0 Å². The van der Waals surface area contributed by atoms with Crippen molar-refractivity contribution in [3.05, 3.63) is 41.2 Å². The Labute approximate surface area is 121 Å². The Hall–Kier alpha value is -1.74. The third-order valence-electron chi connectivity index (χ3n) is 3.30. The Balaban J connectivity index is 2.28. The minimum Gasteiger partial charge on any atom is -0.496 e. The summed E-state index contributed by atoms with van der Waals surface area (Å²) in [6.07, 6.45) is 1.12. The summed E-state index contributed by atoms with van der Waals surface area (Å²) in [5.41, 5.74) is 3.41. The van der Waals surface area contributed by atoms with Gasteiger partial charge in [0.2, 0.25) is 0 Å². The van der Waals surface area contributed by atoms with E-state index in [9.17, 15) is 0 Å². The van der Waals surface area contributed by atoms with Gasteiger partial charge in [0, 0.05) is 0 Å². The number of methoxy groups -OCH3 is 1. The van der Waals surface area contributed by atoms with Gasteiger partial charge in [0.05, 0.1) is 19.2 Å². The predicted molar refractivity (Wildman–Crippen MR) is 82.2 cm³/mol. The maximum atomic E-state index is 5.94. The van der Waals surface area contributed by atoms with Crippen LogP contribution < -0.4 is 10.1 Å². The number of furan rings is 1. The first-order chi connectivity index (χ1) is 9.65. The maximum absolute atomic E-state index is 5.94. The predicted octanol–water partition coefficient (Wildman–Crippen LogP) is 4.07. The van der Waals surface area contributed by atoms with Gasteiger partial charge in [0.25, 0.3) is 0 Å². The van der Waals surface area contributed by atoms with Crippen molar-refractivity contribution < 1.29 is 9.15 Å². The highest BCUT2D eigenvalue weighted by molar-refractivity contribution is 5.70. The van der Waals surface area contributed by atoms with E-state index in [1.165, 1.54) is 11.1 Å². The van der Waals surface area contributed by atoms with Crippen LogP contribution in [0.1, 0.15) is 30.2 Å². The molecule has 1 aromatic carbocycles. The second-order valence-electron chi connectivity index (χ2n) is 5.10. The summed E-state index contributed by atoms with van der Waals surface area (Å²) in [6, 6.07) is 8.23. The lowest BCUT2D eigenvalue weighted by Gasteiger charge is -2.11. The highest BCUT2D eigenvalue weighted by Gasteiger charge is 2.14. The lowest BCUT2D eigenvalue weighted by molar-refractivity contribution is 0.413. The molecule has 0 saturated heterocycles. The van der Waals surface area contributed by atoms with Crippen molar-refractivity contribution in [2.75, 3.05) is 13.7 Å². The van der Waals surface area contributed by atoms with E-state index in [1.807, 2.05) is 18.2 Å². The molecule has 0 amide bonds. The minimum atomic E-state index is 0.765. The van der Waals surface area contributed by atoms with Crippen LogP contribution >= 0.6 is 0 Å². The third-order valence-corrected chi connectivity index (χ3v) is 3.30. The summed E-state index contributed by atoms with van der Waals surface area (Å²) >= 11 is 0. The Morgan fingerprint density at radius 3 is 2.70 bits per heavy atom. The van der Waals surface area contributed by atoms with Gasteiger partial charge in [-0.15, -0.1) is 0 Å². The number of ether oxygens (including phenoxy) is 1. The summed E-state index contributed by atoms with van der Waals surface area (Å²) in [7, 11) is 1.70. The molecule has 1 aromatic heterocycles. The van der Waals surface area contributed by atoms with Crippen molar-refractivity contribution in [3.63, 3.8) is 0 Å². The molecule has 0 spiro atoms. The molecule has 0 unspecified atom stereocenters. The van der Waals surface area contributed by atoms with Crippen molar-refractivity contribution in [1.29, 1.82) is 0 Å². The molecule has 3 nitrogen and oxygen atoms in total. The van der Waals surface area contributed by atoms with Gasteiger partial charge in [-0.3, -0.25) is 0 Å². The van der Waals surface area contributed by atoms with Crippen LogP contribution in [0.4, 0.5) is 0 Å². The molecule has 0 fully saturated rings. The molecule has 0 aliphatic heterocycles. The van der Waals surface area contributed by atoms with E-state index >= 15 is 0 Å². The number of hydrogen-bond acceptors (Lipinski definition) is 3. The van der Waals surface area contributed by atoms with Crippen LogP contribution in [-0.4, -0.2) is 13.7 Å². The summed E-state index contributed by atoms with van der Waals surface area (Å²) in [4.78, 5) is 0. The van der Waals surface area contributed by atoms with Gasteiger partial charge < -0.3 is 14.5 Å². The standard InChI is InChI=1S/C17H23NO2/c1-5-8-18-11-14-6-7-15(20-14)17-13(3)9-12(2)10-16(17)19-4/h6-7,9-10,18H,5,8,11H2,1-4H3. The molecule has 2 rings (SSSR count). The van der Waals surface area contributed by atoms with Crippen molar-refractivity contribution in [2.24, 2.45) is 0 Å². The fourth-order valence-corrected chi connectivity index (χ4v) is 2.40. The quantitative estimate of drug-likeness (QED) is 0.806. The normalized spacial score (nSPS) is 10.8. The van der Waals surface area contributed by atoms with E-state index in [1.54, 1.807) is 7.11 Å². The Morgan fingerprint density at radius 1 is 1.20 bits per heavy atom. The molecule has 0 saturated carbocycles. The lowest BCUT2D eigenvalue weighted by Crippen LogP contribution is -2.12. The Bertz CT molecular complexity index is 572. The maximum Gasteiger partial charge on any atom is 0.138 e. The molecule has 1 N–H and O–H groups in total. The summed E-state index contributed by atoms with van der Waals surface area (Å²) in [5, 5.41) is 3.34. The summed E-state index contributed by atoms with van der Waals surface area (Å²) in [5.74, 6) is 2.69. The van der Waals surface area contributed by atoms with E-state index in [-0.39, 0.29) is 0 Å². The lowest BCUT2D eigenvalue weighted by atomic mass is 10.0. The second kappa shape index (κ2) is 6.62. The van der Waals surface area contributed by atoms with Crippen LogP contribution in [0.5, 0.6) is 5.75 Å². The fraction of sp³-hybridized carbons (Fsp3) is 0.412. The van der Waals surface area contributed by atoms with E-state index in [0.717, 1.165) is 42.3 Å². The highest BCUT2D eigenvalue weighted by atomic mass is 16.5. The van der Waals surface area contributed by atoms with Crippen LogP contribution in [0, 0.1) is 13.8 Å². The van der Waals surface area contributed by atoms with Crippen LogP contribution in [0.25, 0.3) is 11.3 Å². The first-order valence-electron chi connectivity index (χ1n) is 7.10. The van der Waals surface area contributed by atoms with E-state index in [0.29, 0.717) is 0 Å². The fourth-order valence-electron chi connectivity index (χ4n) is 2.40. The van der Waals surface area contributed by atoms with Crippen LogP contribution in [0.2, 0.25) is 0 Å². The first-order valence-corrected chi connectivity index (χ1v) is 7.10. The van der Waals surface area contributed by atoms with Crippen LogP contribution in [-0.2, 0) is 6.54 Å². The number of hydrogen-bond donors (Lipinski definition) is 1. The van der Waals surface area contributed by atoms with Crippen LogP contribution in [0.15, 0.2) is 28.7 Å². The van der Waals surface area contributed by atoms with Gasteiger partial charge in [-0.2, -0.15) is 0 Å². The molecule has 20 heavy (non-hydrogen) atoms. The van der Waals surface area contributed by atoms with E-state index in [4.69, 9.17) is 9.15 Å². The van der Waals surface area contributed by atoms with Gasteiger partial charge in [0.1, 0.15) is 17.3 Å². The molecule has 0 radical (unpaired) electrons. The van der Waals surface area contributed by atoms with Crippen molar-refractivity contribution in [3.8, 4) is 17.1 Å². The first kappa shape index (κ1) is 14.7. The minimum absolute atomic E-state index is 0.765. The molecule has 0 aliphatic carbocycles. The molecule has 0 aliphatic rings. The summed E-state index contributed by atoms with van der Waals surface area (Å²) < 4.78 is 11.4. The number of aryl methyl sites for hydroxylation is 2. The zero-order valence-electron chi connectivity index (χ0n) is 12.7.